The molecule has 3 saturated heterocycles. The van der Waals surface area contributed by atoms with Crippen molar-refractivity contribution in [1.82, 2.24) is 4.90 Å². The van der Waals surface area contributed by atoms with Crippen molar-refractivity contribution < 1.29 is 19.1 Å². The van der Waals surface area contributed by atoms with Crippen molar-refractivity contribution in [2.24, 2.45) is 5.92 Å². The SMILES string of the molecule is CCOC(=O)Cc1ccc(CN(C(=O)OC2CN3CCC2CC3)c2ccccc2)cc1. The summed E-state index contributed by atoms with van der Waals surface area (Å²) in [7, 11) is 0. The fraction of sp³-hybridized carbons (Fsp3) is 0.440. The van der Waals surface area contributed by atoms with Gasteiger partial charge < -0.3 is 9.47 Å². The van der Waals surface area contributed by atoms with Crippen LogP contribution in [0.1, 0.15) is 30.9 Å². The lowest BCUT2D eigenvalue weighted by Gasteiger charge is -2.44. The number of para-hydroxylation sites is 1. The number of esters is 1. The van der Waals surface area contributed by atoms with Gasteiger partial charge in [-0.05, 0) is 62.0 Å². The van der Waals surface area contributed by atoms with Crippen LogP contribution < -0.4 is 4.90 Å². The van der Waals surface area contributed by atoms with Crippen molar-refractivity contribution in [3.63, 3.8) is 0 Å². The molecule has 3 aliphatic heterocycles. The van der Waals surface area contributed by atoms with E-state index < -0.39 is 0 Å². The van der Waals surface area contributed by atoms with Gasteiger partial charge in [-0.2, -0.15) is 0 Å². The molecule has 1 unspecified atom stereocenters. The fourth-order valence-electron chi connectivity index (χ4n) is 4.43. The highest BCUT2D eigenvalue weighted by Gasteiger charge is 2.37. The molecule has 3 heterocycles. The molecule has 0 spiro atoms. The number of hydrogen-bond donors (Lipinski definition) is 0. The Morgan fingerprint density at radius 1 is 1.00 bits per heavy atom. The van der Waals surface area contributed by atoms with Gasteiger partial charge in [0.2, 0.25) is 0 Å². The largest absolute Gasteiger partial charge is 0.466 e. The summed E-state index contributed by atoms with van der Waals surface area (Å²) in [5.41, 5.74) is 2.68. The van der Waals surface area contributed by atoms with Gasteiger partial charge in [0.05, 0.1) is 19.6 Å². The number of carbonyl (C=O) groups is 2. The van der Waals surface area contributed by atoms with Gasteiger partial charge in [0, 0.05) is 12.2 Å². The van der Waals surface area contributed by atoms with E-state index in [1.807, 2.05) is 54.6 Å². The number of anilines is 1. The number of benzene rings is 2. The van der Waals surface area contributed by atoms with Crippen molar-refractivity contribution in [3.8, 4) is 0 Å². The third-order valence-electron chi connectivity index (χ3n) is 6.15. The number of piperidine rings is 3. The van der Waals surface area contributed by atoms with Crippen molar-refractivity contribution in [1.29, 1.82) is 0 Å². The lowest BCUT2D eigenvalue weighted by molar-refractivity contribution is -0.142. The zero-order valence-electron chi connectivity index (χ0n) is 18.0. The molecule has 0 N–H and O–H groups in total. The molecule has 0 saturated carbocycles. The molecule has 0 aliphatic carbocycles. The van der Waals surface area contributed by atoms with Gasteiger partial charge in [-0.25, -0.2) is 4.79 Å². The van der Waals surface area contributed by atoms with E-state index in [1.165, 1.54) is 0 Å². The van der Waals surface area contributed by atoms with Crippen LogP contribution in [-0.4, -0.2) is 49.3 Å². The van der Waals surface area contributed by atoms with Crippen LogP contribution in [0.3, 0.4) is 0 Å². The van der Waals surface area contributed by atoms with E-state index in [9.17, 15) is 9.59 Å². The average Bonchev–Trinajstić information content (AvgIpc) is 2.80. The molecule has 164 valence electrons. The van der Waals surface area contributed by atoms with Crippen molar-refractivity contribution >= 4 is 17.7 Å². The minimum absolute atomic E-state index is 0.0341. The predicted molar refractivity (Wildman–Crippen MR) is 119 cm³/mol. The van der Waals surface area contributed by atoms with Crippen LogP contribution in [0.4, 0.5) is 10.5 Å². The topological polar surface area (TPSA) is 59.1 Å². The third-order valence-corrected chi connectivity index (χ3v) is 6.15. The lowest BCUT2D eigenvalue weighted by Crippen LogP contribution is -2.53. The second-order valence-corrected chi connectivity index (χ2v) is 8.28. The molecule has 0 aromatic heterocycles. The van der Waals surface area contributed by atoms with Crippen molar-refractivity contribution in [2.45, 2.75) is 38.8 Å². The summed E-state index contributed by atoms with van der Waals surface area (Å²) in [6.45, 7) is 5.64. The van der Waals surface area contributed by atoms with Crippen molar-refractivity contribution in [2.75, 3.05) is 31.1 Å². The third kappa shape index (κ3) is 5.44. The normalized spacial score (nSPS) is 22.0. The molecule has 0 radical (unpaired) electrons. The highest BCUT2D eigenvalue weighted by Crippen LogP contribution is 2.30. The van der Waals surface area contributed by atoms with E-state index in [-0.39, 0.29) is 24.6 Å². The van der Waals surface area contributed by atoms with Gasteiger partial charge in [0.25, 0.3) is 0 Å². The van der Waals surface area contributed by atoms with Crippen molar-refractivity contribution in [3.05, 3.63) is 65.7 Å². The Labute approximate surface area is 183 Å². The second kappa shape index (κ2) is 9.96. The van der Waals surface area contributed by atoms with Crippen LogP contribution in [0, 0.1) is 5.92 Å². The monoisotopic (exact) mass is 422 g/mol. The summed E-state index contributed by atoms with van der Waals surface area (Å²) >= 11 is 0. The fourth-order valence-corrected chi connectivity index (χ4v) is 4.43. The summed E-state index contributed by atoms with van der Waals surface area (Å²) < 4.78 is 11.0. The molecule has 6 nitrogen and oxygen atoms in total. The molecule has 2 aromatic rings. The first-order chi connectivity index (χ1) is 15.1. The maximum Gasteiger partial charge on any atom is 0.414 e. The predicted octanol–water partition coefficient (Wildman–Crippen LogP) is 4.03. The molecule has 1 atom stereocenters. The maximum atomic E-state index is 13.2. The van der Waals surface area contributed by atoms with Gasteiger partial charge in [0.15, 0.2) is 0 Å². The van der Waals surface area contributed by atoms with E-state index in [1.54, 1.807) is 11.8 Å². The number of nitrogens with zero attached hydrogens (tertiary/aromatic N) is 2. The van der Waals surface area contributed by atoms with E-state index >= 15 is 0 Å². The first kappa shape index (κ1) is 21.4. The molecule has 6 heteroatoms. The number of fused-ring (bicyclic) bond motifs is 3. The first-order valence-electron chi connectivity index (χ1n) is 11.1. The molecular formula is C25H30N2O4. The molecule has 3 fully saturated rings. The number of rotatable bonds is 7. The van der Waals surface area contributed by atoms with Gasteiger partial charge in [-0.15, -0.1) is 0 Å². The smallest absolute Gasteiger partial charge is 0.414 e. The van der Waals surface area contributed by atoms with Crippen LogP contribution in [-0.2, 0) is 27.2 Å². The Hall–Kier alpha value is -2.86. The summed E-state index contributed by atoms with van der Waals surface area (Å²) in [4.78, 5) is 29.0. The van der Waals surface area contributed by atoms with E-state index in [4.69, 9.17) is 9.47 Å². The lowest BCUT2D eigenvalue weighted by atomic mass is 9.86. The number of amides is 1. The Bertz CT molecular complexity index is 876. The highest BCUT2D eigenvalue weighted by atomic mass is 16.6. The Kier molecular flexibility index (Phi) is 6.87. The van der Waals surface area contributed by atoms with E-state index in [0.29, 0.717) is 19.1 Å². The van der Waals surface area contributed by atoms with Gasteiger partial charge >= 0.3 is 12.1 Å². The zero-order chi connectivity index (χ0) is 21.6. The summed E-state index contributed by atoms with van der Waals surface area (Å²) in [5, 5.41) is 0. The summed E-state index contributed by atoms with van der Waals surface area (Å²) in [6.07, 6.45) is 2.11. The minimum Gasteiger partial charge on any atom is -0.466 e. The molecule has 1 amide bonds. The second-order valence-electron chi connectivity index (χ2n) is 8.28. The summed E-state index contributed by atoms with van der Waals surface area (Å²) in [5.74, 6) is 0.232. The number of carbonyl (C=O) groups excluding carboxylic acids is 2. The van der Waals surface area contributed by atoms with Gasteiger partial charge in [-0.1, -0.05) is 42.5 Å². The van der Waals surface area contributed by atoms with Gasteiger partial charge in [-0.3, -0.25) is 14.6 Å². The molecular weight excluding hydrogens is 392 g/mol. The first-order valence-corrected chi connectivity index (χ1v) is 11.1. The van der Waals surface area contributed by atoms with E-state index in [2.05, 4.69) is 4.90 Å². The molecule has 31 heavy (non-hydrogen) atoms. The highest BCUT2D eigenvalue weighted by molar-refractivity contribution is 5.87. The Morgan fingerprint density at radius 3 is 2.29 bits per heavy atom. The van der Waals surface area contributed by atoms with Crippen LogP contribution >= 0.6 is 0 Å². The van der Waals surface area contributed by atoms with Gasteiger partial charge in [0.1, 0.15) is 6.10 Å². The average molecular weight is 423 g/mol. The zero-order valence-corrected chi connectivity index (χ0v) is 18.0. The van der Waals surface area contributed by atoms with E-state index in [0.717, 1.165) is 49.3 Å². The van der Waals surface area contributed by atoms with Crippen LogP contribution in [0.25, 0.3) is 0 Å². The van der Waals surface area contributed by atoms with Crippen LogP contribution in [0.2, 0.25) is 0 Å². The van der Waals surface area contributed by atoms with Crippen LogP contribution in [0.5, 0.6) is 0 Å². The molecule has 5 rings (SSSR count). The van der Waals surface area contributed by atoms with Crippen LogP contribution in [0.15, 0.2) is 54.6 Å². The maximum absolute atomic E-state index is 13.2. The molecule has 2 aromatic carbocycles. The quantitative estimate of drug-likeness (QED) is 0.631. The standard InChI is InChI=1S/C25H30N2O4/c1-2-30-24(28)16-19-8-10-20(11-9-19)17-27(22-6-4-3-5-7-22)25(29)31-23-18-26-14-12-21(23)13-15-26/h3-11,21,23H,2,12-18H2,1H3. The molecule has 2 bridgehead atoms. The number of ether oxygens (including phenoxy) is 2. The number of hydrogen-bond acceptors (Lipinski definition) is 5. The summed E-state index contributed by atoms with van der Waals surface area (Å²) in [6, 6.07) is 17.4. The molecule has 3 aliphatic rings. The Morgan fingerprint density at radius 2 is 1.68 bits per heavy atom. The minimum atomic E-state index is -0.305. The Balaban J connectivity index is 1.45.